The van der Waals surface area contributed by atoms with Gasteiger partial charge in [0.25, 0.3) is 5.91 Å². The third kappa shape index (κ3) is 6.17. The minimum absolute atomic E-state index is 0.0496. The Morgan fingerprint density at radius 3 is 2.30 bits per heavy atom. The largest absolute Gasteiger partial charge is 0.393 e. The van der Waals surface area contributed by atoms with Gasteiger partial charge in [-0.3, -0.25) is 4.79 Å². The minimum atomic E-state index is -0.416. The summed E-state index contributed by atoms with van der Waals surface area (Å²) in [6.45, 7) is 8.14. The van der Waals surface area contributed by atoms with E-state index in [1.807, 2.05) is 32.9 Å². The summed E-state index contributed by atoms with van der Waals surface area (Å²) < 4.78 is 5.51. The number of amides is 1. The minimum Gasteiger partial charge on any atom is -0.393 e. The number of ether oxygens (including phenoxy) is 1. The number of aliphatic hydroxyl groups is 1. The molecule has 0 aliphatic carbocycles. The van der Waals surface area contributed by atoms with Crippen LogP contribution in [0.1, 0.15) is 50.0 Å². The SMILES string of the molecule is CC(O)CC(C)NC(=O)c1ccc(COC(C)C)cc1. The van der Waals surface area contributed by atoms with Gasteiger partial charge in [0.1, 0.15) is 0 Å². The molecule has 4 nitrogen and oxygen atoms in total. The van der Waals surface area contributed by atoms with Gasteiger partial charge in [0.05, 0.1) is 18.8 Å². The normalized spacial score (nSPS) is 14.1. The lowest BCUT2D eigenvalue weighted by atomic mass is 10.1. The molecule has 1 aromatic carbocycles. The fourth-order valence-electron chi connectivity index (χ4n) is 1.89. The Balaban J connectivity index is 2.53. The molecule has 4 heteroatoms. The summed E-state index contributed by atoms with van der Waals surface area (Å²) in [4.78, 5) is 12.0. The topological polar surface area (TPSA) is 58.6 Å². The van der Waals surface area contributed by atoms with Crippen LogP contribution in [0.5, 0.6) is 0 Å². The van der Waals surface area contributed by atoms with E-state index in [9.17, 15) is 9.90 Å². The zero-order valence-electron chi connectivity index (χ0n) is 12.7. The second kappa shape index (κ2) is 8.02. The van der Waals surface area contributed by atoms with Crippen LogP contribution in [-0.2, 0) is 11.3 Å². The average molecular weight is 279 g/mol. The Labute approximate surface area is 121 Å². The molecule has 0 aliphatic rings. The first-order valence-electron chi connectivity index (χ1n) is 7.08. The molecule has 0 spiro atoms. The van der Waals surface area contributed by atoms with Crippen molar-refractivity contribution in [2.24, 2.45) is 0 Å². The Bertz CT molecular complexity index is 412. The summed E-state index contributed by atoms with van der Waals surface area (Å²) in [6.07, 6.45) is 0.326. The van der Waals surface area contributed by atoms with Gasteiger partial charge < -0.3 is 15.2 Å². The maximum absolute atomic E-state index is 12.0. The summed E-state index contributed by atoms with van der Waals surface area (Å²) in [6, 6.07) is 7.34. The van der Waals surface area contributed by atoms with E-state index in [4.69, 9.17) is 4.74 Å². The van der Waals surface area contributed by atoms with Gasteiger partial charge in [-0.1, -0.05) is 12.1 Å². The number of carbonyl (C=O) groups is 1. The maximum Gasteiger partial charge on any atom is 0.251 e. The Kier molecular flexibility index (Phi) is 6.68. The molecule has 0 saturated heterocycles. The first kappa shape index (κ1) is 16.7. The van der Waals surface area contributed by atoms with Crippen LogP contribution < -0.4 is 5.32 Å². The van der Waals surface area contributed by atoms with E-state index in [2.05, 4.69) is 5.32 Å². The quantitative estimate of drug-likeness (QED) is 0.806. The molecular formula is C16H25NO3. The number of hydrogen-bond acceptors (Lipinski definition) is 3. The Morgan fingerprint density at radius 2 is 1.80 bits per heavy atom. The maximum atomic E-state index is 12.0. The lowest BCUT2D eigenvalue weighted by Gasteiger charge is -2.15. The second-order valence-corrected chi connectivity index (χ2v) is 5.52. The van der Waals surface area contributed by atoms with Crippen LogP contribution in [0, 0.1) is 0 Å². The molecular weight excluding hydrogens is 254 g/mol. The molecule has 1 amide bonds. The highest BCUT2D eigenvalue weighted by Gasteiger charge is 2.11. The van der Waals surface area contributed by atoms with Crippen molar-refractivity contribution in [2.75, 3.05) is 0 Å². The molecule has 0 aliphatic heterocycles. The summed E-state index contributed by atoms with van der Waals surface area (Å²) in [5, 5.41) is 12.1. The van der Waals surface area contributed by atoms with E-state index in [-0.39, 0.29) is 18.1 Å². The van der Waals surface area contributed by atoms with Crippen LogP contribution in [-0.4, -0.2) is 29.3 Å². The van der Waals surface area contributed by atoms with E-state index in [1.54, 1.807) is 19.1 Å². The smallest absolute Gasteiger partial charge is 0.251 e. The Hall–Kier alpha value is -1.39. The molecule has 0 aromatic heterocycles. The van der Waals surface area contributed by atoms with E-state index in [1.165, 1.54) is 0 Å². The van der Waals surface area contributed by atoms with Crippen molar-refractivity contribution < 1.29 is 14.6 Å². The van der Waals surface area contributed by atoms with E-state index in [0.29, 0.717) is 18.6 Å². The third-order valence-corrected chi connectivity index (χ3v) is 2.87. The number of benzene rings is 1. The fraction of sp³-hybridized carbons (Fsp3) is 0.562. The van der Waals surface area contributed by atoms with E-state index in [0.717, 1.165) is 5.56 Å². The molecule has 2 N–H and O–H groups in total. The van der Waals surface area contributed by atoms with Crippen molar-refractivity contribution in [3.8, 4) is 0 Å². The summed E-state index contributed by atoms with van der Waals surface area (Å²) in [7, 11) is 0. The summed E-state index contributed by atoms with van der Waals surface area (Å²) >= 11 is 0. The lowest BCUT2D eigenvalue weighted by Crippen LogP contribution is -2.34. The fourth-order valence-corrected chi connectivity index (χ4v) is 1.89. The predicted octanol–water partition coefficient (Wildman–Crippen LogP) is 2.50. The second-order valence-electron chi connectivity index (χ2n) is 5.52. The van der Waals surface area contributed by atoms with Gasteiger partial charge in [-0.25, -0.2) is 0 Å². The zero-order valence-corrected chi connectivity index (χ0v) is 12.7. The van der Waals surface area contributed by atoms with Gasteiger partial charge in [-0.05, 0) is 51.8 Å². The third-order valence-electron chi connectivity index (χ3n) is 2.87. The van der Waals surface area contributed by atoms with Crippen molar-refractivity contribution in [1.82, 2.24) is 5.32 Å². The standard InChI is InChI=1S/C16H25NO3/c1-11(2)20-10-14-5-7-15(8-6-14)16(19)17-12(3)9-13(4)18/h5-8,11-13,18H,9-10H2,1-4H3,(H,17,19). The van der Waals surface area contributed by atoms with Crippen LogP contribution in [0.3, 0.4) is 0 Å². The molecule has 20 heavy (non-hydrogen) atoms. The van der Waals surface area contributed by atoms with Crippen molar-refractivity contribution in [3.05, 3.63) is 35.4 Å². The average Bonchev–Trinajstić information content (AvgIpc) is 2.35. The highest BCUT2D eigenvalue weighted by atomic mass is 16.5. The summed E-state index contributed by atoms with van der Waals surface area (Å²) in [5.74, 6) is -0.116. The molecule has 1 rings (SSSR count). The first-order chi connectivity index (χ1) is 9.38. The molecule has 2 unspecified atom stereocenters. The number of aliphatic hydroxyl groups excluding tert-OH is 1. The van der Waals surface area contributed by atoms with Gasteiger partial charge in [-0.2, -0.15) is 0 Å². The predicted molar refractivity (Wildman–Crippen MR) is 79.6 cm³/mol. The van der Waals surface area contributed by atoms with Crippen molar-refractivity contribution in [1.29, 1.82) is 0 Å². The van der Waals surface area contributed by atoms with Gasteiger partial charge in [-0.15, -0.1) is 0 Å². The van der Waals surface area contributed by atoms with Crippen LogP contribution in [0.4, 0.5) is 0 Å². The van der Waals surface area contributed by atoms with Gasteiger partial charge in [0.2, 0.25) is 0 Å². The van der Waals surface area contributed by atoms with E-state index >= 15 is 0 Å². The van der Waals surface area contributed by atoms with Crippen LogP contribution in [0.25, 0.3) is 0 Å². The monoisotopic (exact) mass is 279 g/mol. The van der Waals surface area contributed by atoms with Gasteiger partial charge >= 0.3 is 0 Å². The number of nitrogens with one attached hydrogen (secondary N) is 1. The molecule has 0 fully saturated rings. The van der Waals surface area contributed by atoms with Crippen molar-refractivity contribution >= 4 is 5.91 Å². The molecule has 0 radical (unpaired) electrons. The highest BCUT2D eigenvalue weighted by Crippen LogP contribution is 2.08. The molecule has 1 aromatic rings. The molecule has 112 valence electrons. The lowest BCUT2D eigenvalue weighted by molar-refractivity contribution is 0.0656. The number of rotatable bonds is 7. The highest BCUT2D eigenvalue weighted by molar-refractivity contribution is 5.94. The molecule has 0 bridgehead atoms. The molecule has 0 heterocycles. The molecule has 2 atom stereocenters. The van der Waals surface area contributed by atoms with Crippen LogP contribution >= 0.6 is 0 Å². The summed E-state index contributed by atoms with van der Waals surface area (Å²) in [5.41, 5.74) is 1.67. The van der Waals surface area contributed by atoms with Gasteiger partial charge in [0.15, 0.2) is 0 Å². The van der Waals surface area contributed by atoms with E-state index < -0.39 is 6.10 Å². The Morgan fingerprint density at radius 1 is 1.20 bits per heavy atom. The van der Waals surface area contributed by atoms with Crippen LogP contribution in [0.15, 0.2) is 24.3 Å². The van der Waals surface area contributed by atoms with Crippen molar-refractivity contribution in [2.45, 2.75) is 59.0 Å². The number of carbonyl (C=O) groups excluding carboxylic acids is 1. The van der Waals surface area contributed by atoms with Crippen LogP contribution in [0.2, 0.25) is 0 Å². The zero-order chi connectivity index (χ0) is 15.1. The molecule has 0 saturated carbocycles. The number of hydrogen-bond donors (Lipinski definition) is 2. The van der Waals surface area contributed by atoms with Gasteiger partial charge in [0, 0.05) is 11.6 Å². The van der Waals surface area contributed by atoms with Crippen molar-refractivity contribution in [3.63, 3.8) is 0 Å². The first-order valence-corrected chi connectivity index (χ1v) is 7.08.